The molecule has 1 heterocycles. The van der Waals surface area contributed by atoms with Gasteiger partial charge in [0.25, 0.3) is 0 Å². The summed E-state index contributed by atoms with van der Waals surface area (Å²) in [7, 11) is 1.28. The first kappa shape index (κ1) is 12.5. The van der Waals surface area contributed by atoms with E-state index in [1.807, 2.05) is 13.8 Å². The number of rotatable bonds is 1. The zero-order valence-electron chi connectivity index (χ0n) is 10.5. The molecule has 0 spiro atoms. The van der Waals surface area contributed by atoms with Crippen molar-refractivity contribution in [3.05, 3.63) is 29.1 Å². The number of benzene rings is 1. The molecule has 0 N–H and O–H groups in total. The van der Waals surface area contributed by atoms with Gasteiger partial charge in [0.05, 0.1) is 12.8 Å². The molecule has 2 rings (SSSR count). The number of methoxy groups -OCH3 is 1. The number of fused-ring (bicyclic) bond motifs is 1. The highest BCUT2D eigenvalue weighted by molar-refractivity contribution is 5.99. The molecule has 18 heavy (non-hydrogen) atoms. The molecule has 0 saturated heterocycles. The fourth-order valence-corrected chi connectivity index (χ4v) is 2.45. The third-order valence-corrected chi connectivity index (χ3v) is 3.12. The van der Waals surface area contributed by atoms with Gasteiger partial charge in [-0.15, -0.1) is 0 Å². The van der Waals surface area contributed by atoms with Crippen LogP contribution in [0.15, 0.2) is 12.1 Å². The van der Waals surface area contributed by atoms with Gasteiger partial charge < -0.3 is 4.74 Å². The van der Waals surface area contributed by atoms with Gasteiger partial charge in [0.15, 0.2) is 6.29 Å². The Labute approximate surface area is 104 Å². The van der Waals surface area contributed by atoms with Crippen LogP contribution < -0.4 is 4.90 Å². The molecule has 1 aliphatic heterocycles. The number of anilines is 1. The summed E-state index contributed by atoms with van der Waals surface area (Å²) in [4.78, 5) is 24.3. The van der Waals surface area contributed by atoms with E-state index in [0.717, 1.165) is 6.07 Å². The Morgan fingerprint density at radius 3 is 2.72 bits per heavy atom. The minimum absolute atomic E-state index is 0.168. The number of nitrogens with zero attached hydrogens (tertiary/aromatic N) is 1. The first-order chi connectivity index (χ1) is 8.40. The molecule has 0 aromatic heterocycles. The first-order valence-electron chi connectivity index (χ1n) is 5.56. The van der Waals surface area contributed by atoms with E-state index in [0.29, 0.717) is 24.0 Å². The van der Waals surface area contributed by atoms with Gasteiger partial charge in [0, 0.05) is 11.1 Å². The fourth-order valence-electron chi connectivity index (χ4n) is 2.45. The minimum Gasteiger partial charge on any atom is -0.452 e. The molecular formula is C13H14FNO3. The number of halogens is 1. The SMILES string of the molecule is COC(=O)N1c2c(C=O)cc(F)cc2CC1(C)C. The molecule has 96 valence electrons. The topological polar surface area (TPSA) is 46.6 Å². The summed E-state index contributed by atoms with van der Waals surface area (Å²) in [5.74, 6) is -0.474. The van der Waals surface area contributed by atoms with Gasteiger partial charge in [-0.25, -0.2) is 9.18 Å². The Morgan fingerprint density at radius 1 is 1.50 bits per heavy atom. The van der Waals surface area contributed by atoms with E-state index in [2.05, 4.69) is 0 Å². The Morgan fingerprint density at radius 2 is 2.17 bits per heavy atom. The number of carbonyl (C=O) groups excluding carboxylic acids is 2. The van der Waals surface area contributed by atoms with Crippen molar-refractivity contribution in [1.29, 1.82) is 0 Å². The molecule has 0 saturated carbocycles. The van der Waals surface area contributed by atoms with E-state index in [1.54, 1.807) is 0 Å². The normalized spacial score (nSPS) is 16.3. The van der Waals surface area contributed by atoms with Crippen LogP contribution in [0.5, 0.6) is 0 Å². The second-order valence-corrected chi connectivity index (χ2v) is 4.92. The lowest BCUT2D eigenvalue weighted by molar-refractivity contribution is 0.112. The maximum Gasteiger partial charge on any atom is 0.414 e. The molecule has 0 bridgehead atoms. The van der Waals surface area contributed by atoms with Crippen LogP contribution in [-0.4, -0.2) is 25.0 Å². The van der Waals surface area contributed by atoms with Crippen molar-refractivity contribution in [3.63, 3.8) is 0 Å². The van der Waals surface area contributed by atoms with Gasteiger partial charge in [-0.05, 0) is 38.0 Å². The predicted molar refractivity (Wildman–Crippen MR) is 64.5 cm³/mol. The zero-order valence-corrected chi connectivity index (χ0v) is 10.5. The Kier molecular flexibility index (Phi) is 2.84. The Balaban J connectivity index is 2.65. The number of amides is 1. The van der Waals surface area contributed by atoms with Crippen molar-refractivity contribution < 1.29 is 18.7 Å². The molecule has 0 fully saturated rings. The van der Waals surface area contributed by atoms with Crippen LogP contribution in [0.3, 0.4) is 0 Å². The van der Waals surface area contributed by atoms with Gasteiger partial charge in [-0.3, -0.25) is 9.69 Å². The summed E-state index contributed by atoms with van der Waals surface area (Å²) in [5.41, 5.74) is 0.720. The van der Waals surface area contributed by atoms with Gasteiger partial charge >= 0.3 is 6.09 Å². The Bertz CT molecular complexity index is 525. The summed E-state index contributed by atoms with van der Waals surface area (Å²) in [6, 6.07) is 2.48. The van der Waals surface area contributed by atoms with E-state index in [9.17, 15) is 14.0 Å². The summed E-state index contributed by atoms with van der Waals surface area (Å²) in [5, 5.41) is 0. The largest absolute Gasteiger partial charge is 0.452 e. The van der Waals surface area contributed by atoms with E-state index in [4.69, 9.17) is 4.74 Å². The molecule has 4 nitrogen and oxygen atoms in total. The van der Waals surface area contributed by atoms with E-state index >= 15 is 0 Å². The lowest BCUT2D eigenvalue weighted by Crippen LogP contribution is -2.45. The van der Waals surface area contributed by atoms with Gasteiger partial charge in [0.1, 0.15) is 5.82 Å². The number of ether oxygens (including phenoxy) is 1. The number of hydrogen-bond donors (Lipinski definition) is 0. The highest BCUT2D eigenvalue weighted by Crippen LogP contribution is 2.41. The molecule has 0 atom stereocenters. The van der Waals surface area contributed by atoms with Crippen LogP contribution in [0.1, 0.15) is 29.8 Å². The van der Waals surface area contributed by atoms with Gasteiger partial charge in [0.2, 0.25) is 0 Å². The van der Waals surface area contributed by atoms with E-state index in [1.165, 1.54) is 18.1 Å². The highest BCUT2D eigenvalue weighted by Gasteiger charge is 2.42. The van der Waals surface area contributed by atoms with Crippen LogP contribution in [0.2, 0.25) is 0 Å². The van der Waals surface area contributed by atoms with Crippen molar-refractivity contribution >= 4 is 18.1 Å². The van der Waals surface area contributed by atoms with Crippen molar-refractivity contribution in [3.8, 4) is 0 Å². The Hall–Kier alpha value is -1.91. The second kappa shape index (κ2) is 4.08. The van der Waals surface area contributed by atoms with Crippen LogP contribution >= 0.6 is 0 Å². The number of carbonyl (C=O) groups is 2. The number of aldehydes is 1. The average Bonchev–Trinajstić information content (AvgIpc) is 2.56. The first-order valence-corrected chi connectivity index (χ1v) is 5.56. The lowest BCUT2D eigenvalue weighted by Gasteiger charge is -2.31. The summed E-state index contributed by atoms with van der Waals surface area (Å²) in [6.45, 7) is 3.69. The van der Waals surface area contributed by atoms with Crippen LogP contribution in [0.4, 0.5) is 14.9 Å². The summed E-state index contributed by atoms with van der Waals surface area (Å²) in [6.07, 6.45) is 0.489. The molecule has 1 amide bonds. The molecule has 0 unspecified atom stereocenters. The predicted octanol–water partition coefficient (Wildman–Crippen LogP) is 2.55. The zero-order chi connectivity index (χ0) is 13.5. The third-order valence-electron chi connectivity index (χ3n) is 3.12. The van der Waals surface area contributed by atoms with Gasteiger partial charge in [-0.2, -0.15) is 0 Å². The quantitative estimate of drug-likeness (QED) is 0.720. The van der Waals surface area contributed by atoms with Crippen molar-refractivity contribution in [2.45, 2.75) is 25.8 Å². The molecule has 0 aliphatic carbocycles. The molecule has 0 radical (unpaired) electrons. The van der Waals surface area contributed by atoms with Crippen LogP contribution in [0, 0.1) is 5.82 Å². The highest BCUT2D eigenvalue weighted by atomic mass is 19.1. The summed E-state index contributed by atoms with van der Waals surface area (Å²) < 4.78 is 18.1. The molecule has 1 aromatic carbocycles. The van der Waals surface area contributed by atoms with Crippen LogP contribution in [0.25, 0.3) is 0 Å². The molecule has 1 aliphatic rings. The second-order valence-electron chi connectivity index (χ2n) is 4.92. The molecule has 5 heteroatoms. The minimum atomic E-state index is -0.548. The standard InChI is InChI=1S/C13H14FNO3/c1-13(2)6-8-4-10(14)5-9(7-16)11(8)15(13)12(17)18-3/h4-5,7H,6H2,1-3H3. The van der Waals surface area contributed by atoms with Gasteiger partial charge in [-0.1, -0.05) is 0 Å². The molecule has 1 aromatic rings. The number of hydrogen-bond acceptors (Lipinski definition) is 3. The van der Waals surface area contributed by atoms with E-state index in [-0.39, 0.29) is 5.56 Å². The summed E-state index contributed by atoms with van der Waals surface area (Å²) >= 11 is 0. The third kappa shape index (κ3) is 1.75. The van der Waals surface area contributed by atoms with Crippen LogP contribution in [-0.2, 0) is 11.2 Å². The van der Waals surface area contributed by atoms with E-state index < -0.39 is 17.4 Å². The monoisotopic (exact) mass is 251 g/mol. The van der Waals surface area contributed by atoms with Crippen molar-refractivity contribution in [1.82, 2.24) is 0 Å². The fraction of sp³-hybridized carbons (Fsp3) is 0.385. The van der Waals surface area contributed by atoms with Crippen molar-refractivity contribution in [2.24, 2.45) is 0 Å². The maximum absolute atomic E-state index is 13.4. The smallest absolute Gasteiger partial charge is 0.414 e. The lowest BCUT2D eigenvalue weighted by atomic mass is 9.99. The molecular weight excluding hydrogens is 237 g/mol. The average molecular weight is 251 g/mol. The van der Waals surface area contributed by atoms with Crippen molar-refractivity contribution in [2.75, 3.05) is 12.0 Å². The maximum atomic E-state index is 13.4.